The second-order valence-corrected chi connectivity index (χ2v) is 5.02. The molecule has 1 aromatic carbocycles. The van der Waals surface area contributed by atoms with Gasteiger partial charge in [0.05, 0.1) is 16.6 Å². The van der Waals surface area contributed by atoms with E-state index in [-0.39, 0.29) is 11.2 Å². The normalized spacial score (nSPS) is 16.3. The largest absolute Gasteiger partial charge is 0.478 e. The molecule has 0 spiro atoms. The Kier molecular flexibility index (Phi) is 3.61. The zero-order chi connectivity index (χ0) is 14.9. The first-order chi connectivity index (χ1) is 9.38. The highest BCUT2D eigenvalue weighted by Crippen LogP contribution is 2.40. The molecule has 1 saturated carbocycles. The molecule has 0 aliphatic heterocycles. The third-order valence-corrected chi connectivity index (χ3v) is 3.90. The number of aromatic carboxylic acids is 1. The third-order valence-electron chi connectivity index (χ3n) is 3.90. The lowest BCUT2D eigenvalue weighted by Crippen LogP contribution is -2.44. The Labute approximate surface area is 114 Å². The van der Waals surface area contributed by atoms with E-state index >= 15 is 0 Å². The van der Waals surface area contributed by atoms with Crippen LogP contribution >= 0.6 is 0 Å². The number of nitro groups is 1. The smallest absolute Gasteiger partial charge is 0.338 e. The average molecular weight is 282 g/mol. The summed E-state index contributed by atoms with van der Waals surface area (Å²) in [4.78, 5) is 21.2. The van der Waals surface area contributed by atoms with Crippen molar-refractivity contribution >= 4 is 17.3 Å². The molecule has 1 aliphatic rings. The Hall–Kier alpha value is -2.18. The number of halogens is 1. The van der Waals surface area contributed by atoms with Crippen molar-refractivity contribution in [2.75, 3.05) is 5.32 Å². The molecular formula is C13H15FN2O4. The van der Waals surface area contributed by atoms with Gasteiger partial charge in [0.1, 0.15) is 11.5 Å². The molecule has 20 heavy (non-hydrogen) atoms. The Morgan fingerprint density at radius 1 is 1.55 bits per heavy atom. The highest BCUT2D eigenvalue weighted by Gasteiger charge is 2.37. The Morgan fingerprint density at radius 2 is 2.20 bits per heavy atom. The molecule has 1 aromatic rings. The Bertz CT molecular complexity index is 564. The first-order valence-corrected chi connectivity index (χ1v) is 6.38. The summed E-state index contributed by atoms with van der Waals surface area (Å²) in [6, 6.07) is 1.67. The monoisotopic (exact) mass is 282 g/mol. The van der Waals surface area contributed by atoms with E-state index in [0.29, 0.717) is 6.07 Å². The number of nitrogens with one attached hydrogen (secondary N) is 1. The van der Waals surface area contributed by atoms with E-state index in [2.05, 4.69) is 5.32 Å². The lowest BCUT2D eigenvalue weighted by atomic mass is 9.74. The van der Waals surface area contributed by atoms with Crippen LogP contribution in [0.4, 0.5) is 15.8 Å². The third kappa shape index (κ3) is 2.43. The fourth-order valence-corrected chi connectivity index (χ4v) is 2.43. The summed E-state index contributed by atoms with van der Waals surface area (Å²) < 4.78 is 13.5. The summed E-state index contributed by atoms with van der Waals surface area (Å²) in [5.41, 5.74) is -1.19. The van der Waals surface area contributed by atoms with Crippen LogP contribution in [-0.4, -0.2) is 21.5 Å². The van der Waals surface area contributed by atoms with Gasteiger partial charge in [0.2, 0.25) is 0 Å². The van der Waals surface area contributed by atoms with Gasteiger partial charge in [-0.1, -0.05) is 6.92 Å². The van der Waals surface area contributed by atoms with Crippen LogP contribution in [-0.2, 0) is 0 Å². The molecule has 0 bridgehead atoms. The SMILES string of the molecule is CCC1(Nc2cc(C(=O)O)c(F)cc2[N+](=O)[O-])CCC1. The number of benzene rings is 1. The minimum Gasteiger partial charge on any atom is -0.478 e. The van der Waals surface area contributed by atoms with E-state index in [9.17, 15) is 19.3 Å². The lowest BCUT2D eigenvalue weighted by Gasteiger charge is -2.42. The van der Waals surface area contributed by atoms with Crippen molar-refractivity contribution in [3.63, 3.8) is 0 Å². The minimum atomic E-state index is -1.44. The van der Waals surface area contributed by atoms with Gasteiger partial charge in [0.15, 0.2) is 0 Å². The molecule has 0 heterocycles. The number of nitro benzene ring substituents is 1. The molecule has 7 heteroatoms. The van der Waals surface area contributed by atoms with Gasteiger partial charge >= 0.3 is 5.97 Å². The average Bonchev–Trinajstić information content (AvgIpc) is 2.34. The number of carboxylic acid groups (broad SMARTS) is 1. The van der Waals surface area contributed by atoms with Crippen LogP contribution in [0.2, 0.25) is 0 Å². The summed E-state index contributed by atoms with van der Waals surface area (Å²) in [5, 5.41) is 22.9. The molecule has 2 N–H and O–H groups in total. The first kappa shape index (κ1) is 14.2. The maximum absolute atomic E-state index is 13.5. The molecule has 1 fully saturated rings. The fourth-order valence-electron chi connectivity index (χ4n) is 2.43. The van der Waals surface area contributed by atoms with Gasteiger partial charge in [-0.3, -0.25) is 10.1 Å². The zero-order valence-electron chi connectivity index (χ0n) is 11.0. The van der Waals surface area contributed by atoms with Gasteiger partial charge in [0, 0.05) is 5.54 Å². The fraction of sp³-hybridized carbons (Fsp3) is 0.462. The Balaban J connectivity index is 2.46. The van der Waals surface area contributed by atoms with Crippen molar-refractivity contribution in [3.05, 3.63) is 33.6 Å². The molecule has 0 aromatic heterocycles. The van der Waals surface area contributed by atoms with E-state index in [1.165, 1.54) is 0 Å². The number of carboxylic acids is 1. The summed E-state index contributed by atoms with van der Waals surface area (Å²) >= 11 is 0. The van der Waals surface area contributed by atoms with Crippen molar-refractivity contribution in [2.24, 2.45) is 0 Å². The van der Waals surface area contributed by atoms with Gasteiger partial charge in [-0.2, -0.15) is 0 Å². The molecular weight excluding hydrogens is 267 g/mol. The first-order valence-electron chi connectivity index (χ1n) is 6.38. The van der Waals surface area contributed by atoms with Gasteiger partial charge in [-0.15, -0.1) is 0 Å². The van der Waals surface area contributed by atoms with Crippen LogP contribution in [0.5, 0.6) is 0 Å². The molecule has 6 nitrogen and oxygen atoms in total. The molecule has 2 rings (SSSR count). The number of carbonyl (C=O) groups is 1. The summed E-state index contributed by atoms with van der Waals surface area (Å²) in [6.45, 7) is 1.96. The molecule has 108 valence electrons. The van der Waals surface area contributed by atoms with Gasteiger partial charge < -0.3 is 10.4 Å². The quantitative estimate of drug-likeness (QED) is 0.639. The molecule has 0 unspecified atom stereocenters. The van der Waals surface area contributed by atoms with Crippen LogP contribution in [0.1, 0.15) is 43.0 Å². The van der Waals surface area contributed by atoms with E-state index in [1.54, 1.807) is 0 Å². The van der Waals surface area contributed by atoms with Gasteiger partial charge in [-0.25, -0.2) is 9.18 Å². The van der Waals surface area contributed by atoms with Crippen molar-refractivity contribution in [1.82, 2.24) is 0 Å². The van der Waals surface area contributed by atoms with Crippen molar-refractivity contribution in [1.29, 1.82) is 0 Å². The minimum absolute atomic E-state index is 0.0651. The second-order valence-electron chi connectivity index (χ2n) is 5.02. The summed E-state index contributed by atoms with van der Waals surface area (Å²) in [6.07, 6.45) is 3.51. The number of nitrogens with zero attached hydrogens (tertiary/aromatic N) is 1. The van der Waals surface area contributed by atoms with E-state index in [0.717, 1.165) is 31.7 Å². The second kappa shape index (κ2) is 5.07. The molecule has 0 saturated heterocycles. The number of rotatable bonds is 5. The lowest BCUT2D eigenvalue weighted by molar-refractivity contribution is -0.384. The predicted molar refractivity (Wildman–Crippen MR) is 70.5 cm³/mol. The molecule has 1 aliphatic carbocycles. The maximum atomic E-state index is 13.5. The molecule has 0 radical (unpaired) electrons. The topological polar surface area (TPSA) is 92.5 Å². The maximum Gasteiger partial charge on any atom is 0.338 e. The van der Waals surface area contributed by atoms with Crippen LogP contribution in [0.3, 0.4) is 0 Å². The van der Waals surface area contributed by atoms with E-state index < -0.39 is 28.0 Å². The van der Waals surface area contributed by atoms with Crippen molar-refractivity contribution < 1.29 is 19.2 Å². The van der Waals surface area contributed by atoms with Crippen LogP contribution < -0.4 is 5.32 Å². The van der Waals surface area contributed by atoms with Crippen molar-refractivity contribution in [2.45, 2.75) is 38.1 Å². The molecule has 0 atom stereocenters. The van der Waals surface area contributed by atoms with Crippen LogP contribution in [0.15, 0.2) is 12.1 Å². The standard InChI is InChI=1S/C13H15FN2O4/c1-2-13(4-3-5-13)15-10-6-8(12(17)18)9(14)7-11(10)16(19)20/h6-7,15H,2-5H2,1H3,(H,17,18). The van der Waals surface area contributed by atoms with E-state index in [1.807, 2.05) is 6.92 Å². The molecule has 0 amide bonds. The van der Waals surface area contributed by atoms with Crippen LogP contribution in [0.25, 0.3) is 0 Å². The number of hydrogen-bond acceptors (Lipinski definition) is 4. The van der Waals surface area contributed by atoms with Gasteiger partial charge in [-0.05, 0) is 31.7 Å². The highest BCUT2D eigenvalue weighted by molar-refractivity contribution is 5.90. The number of anilines is 1. The number of hydrogen-bond donors (Lipinski definition) is 2. The summed E-state index contributed by atoms with van der Waals surface area (Å²) in [7, 11) is 0. The van der Waals surface area contributed by atoms with Crippen molar-refractivity contribution in [3.8, 4) is 0 Å². The van der Waals surface area contributed by atoms with Gasteiger partial charge in [0.25, 0.3) is 5.69 Å². The highest BCUT2D eigenvalue weighted by atomic mass is 19.1. The van der Waals surface area contributed by atoms with Crippen LogP contribution in [0, 0.1) is 15.9 Å². The van der Waals surface area contributed by atoms with E-state index in [4.69, 9.17) is 5.11 Å². The zero-order valence-corrected chi connectivity index (χ0v) is 11.0. The summed E-state index contributed by atoms with van der Waals surface area (Å²) in [5.74, 6) is -2.55. The Morgan fingerprint density at radius 3 is 2.60 bits per heavy atom. The predicted octanol–water partition coefficient (Wildman–Crippen LogP) is 3.18.